The lowest BCUT2D eigenvalue weighted by Crippen LogP contribution is -2.25. The van der Waals surface area contributed by atoms with Gasteiger partial charge in [-0.1, -0.05) is 12.1 Å². The number of phenols is 1. The summed E-state index contributed by atoms with van der Waals surface area (Å²) in [7, 11) is 0. The van der Waals surface area contributed by atoms with Crippen molar-refractivity contribution in [1.29, 1.82) is 0 Å². The molecule has 0 saturated carbocycles. The molecule has 24 heavy (non-hydrogen) atoms. The zero-order valence-corrected chi connectivity index (χ0v) is 12.7. The number of aromatic hydroxyl groups is 1. The highest BCUT2D eigenvalue weighted by molar-refractivity contribution is 6.06. The molecule has 0 spiro atoms. The summed E-state index contributed by atoms with van der Waals surface area (Å²) in [5, 5.41) is 23.3. The van der Waals surface area contributed by atoms with E-state index in [1.807, 2.05) is 0 Å². The maximum atomic E-state index is 12.1. The number of hydrogen-bond acceptors (Lipinski definition) is 4. The number of nitrogens with one attached hydrogen (secondary N) is 2. The van der Waals surface area contributed by atoms with Crippen LogP contribution in [0.15, 0.2) is 48.5 Å². The zero-order chi connectivity index (χ0) is 17.5. The Hall–Kier alpha value is -3.35. The van der Waals surface area contributed by atoms with Crippen molar-refractivity contribution in [3.63, 3.8) is 0 Å². The summed E-state index contributed by atoms with van der Waals surface area (Å²) in [5.41, 5.74) is 0.958. The highest BCUT2D eigenvalue weighted by atomic mass is 16.4. The maximum absolute atomic E-state index is 12.1. The number of phenolic OH excluding ortho intramolecular Hbond substituents is 1. The van der Waals surface area contributed by atoms with Crippen LogP contribution in [0.2, 0.25) is 0 Å². The first kappa shape index (κ1) is 17.0. The number of benzene rings is 2. The van der Waals surface area contributed by atoms with Crippen LogP contribution in [0.5, 0.6) is 5.75 Å². The molecule has 0 heterocycles. The van der Waals surface area contributed by atoms with Crippen molar-refractivity contribution >= 4 is 23.5 Å². The smallest absolute Gasteiger partial charge is 0.305 e. The van der Waals surface area contributed by atoms with Crippen molar-refractivity contribution in [3.05, 3.63) is 59.7 Å². The number of hydrogen-bond donors (Lipinski definition) is 4. The van der Waals surface area contributed by atoms with Gasteiger partial charge < -0.3 is 20.8 Å². The third kappa shape index (κ3) is 4.57. The number of aliphatic carboxylic acids is 1. The van der Waals surface area contributed by atoms with Crippen LogP contribution in [0.3, 0.4) is 0 Å². The highest BCUT2D eigenvalue weighted by Crippen LogP contribution is 2.18. The minimum Gasteiger partial charge on any atom is -0.507 e. The van der Waals surface area contributed by atoms with Gasteiger partial charge in [-0.25, -0.2) is 0 Å². The molecule has 0 fully saturated rings. The Bertz CT molecular complexity index is 756. The topological polar surface area (TPSA) is 116 Å². The van der Waals surface area contributed by atoms with Crippen molar-refractivity contribution < 1.29 is 24.6 Å². The number of carboxylic acids is 1. The molecule has 0 bridgehead atoms. The molecule has 7 nitrogen and oxygen atoms in total. The van der Waals surface area contributed by atoms with Crippen molar-refractivity contribution in [3.8, 4) is 5.75 Å². The van der Waals surface area contributed by atoms with E-state index in [1.54, 1.807) is 24.3 Å². The first-order chi connectivity index (χ1) is 11.5. The van der Waals surface area contributed by atoms with Crippen LogP contribution in [-0.2, 0) is 4.79 Å². The van der Waals surface area contributed by atoms with Gasteiger partial charge in [0.2, 0.25) is 0 Å². The second-order valence-corrected chi connectivity index (χ2v) is 4.95. The molecular formula is C17H16N2O5. The van der Waals surface area contributed by atoms with Gasteiger partial charge in [0.05, 0.1) is 12.0 Å². The van der Waals surface area contributed by atoms with E-state index in [1.165, 1.54) is 24.3 Å². The normalized spacial score (nSPS) is 10.0. The largest absolute Gasteiger partial charge is 0.507 e. The molecule has 0 unspecified atom stereocenters. The molecule has 2 aromatic rings. The van der Waals surface area contributed by atoms with Gasteiger partial charge in [-0.3, -0.25) is 14.4 Å². The molecule has 0 saturated heterocycles. The number of para-hydroxylation sites is 1. The van der Waals surface area contributed by atoms with Crippen LogP contribution in [0.25, 0.3) is 0 Å². The quantitative estimate of drug-likeness (QED) is 0.646. The number of rotatable bonds is 6. The van der Waals surface area contributed by atoms with Gasteiger partial charge in [-0.2, -0.15) is 0 Å². The molecule has 0 aromatic heterocycles. The van der Waals surface area contributed by atoms with Crippen LogP contribution in [0.1, 0.15) is 27.1 Å². The van der Waals surface area contributed by atoms with E-state index < -0.39 is 17.8 Å². The summed E-state index contributed by atoms with van der Waals surface area (Å²) in [6.07, 6.45) is -0.152. The fourth-order valence-corrected chi connectivity index (χ4v) is 1.95. The molecule has 0 atom stereocenters. The molecule has 2 rings (SSSR count). The Kier molecular flexibility index (Phi) is 5.51. The molecule has 2 aromatic carbocycles. The molecule has 0 aliphatic carbocycles. The molecular weight excluding hydrogens is 312 g/mol. The van der Waals surface area contributed by atoms with Crippen molar-refractivity contribution in [1.82, 2.24) is 5.32 Å². The molecule has 2 amide bonds. The zero-order valence-electron chi connectivity index (χ0n) is 12.7. The monoisotopic (exact) mass is 328 g/mol. The number of anilines is 1. The minimum absolute atomic E-state index is 0.0416. The van der Waals surface area contributed by atoms with E-state index in [0.29, 0.717) is 11.3 Å². The van der Waals surface area contributed by atoms with Crippen LogP contribution in [0.4, 0.5) is 5.69 Å². The molecule has 0 aliphatic heterocycles. The van der Waals surface area contributed by atoms with E-state index in [-0.39, 0.29) is 24.3 Å². The summed E-state index contributed by atoms with van der Waals surface area (Å²) in [6.45, 7) is 0.0416. The number of amides is 2. The molecule has 7 heteroatoms. The summed E-state index contributed by atoms with van der Waals surface area (Å²) in [6, 6.07) is 12.3. The van der Waals surface area contributed by atoms with Crippen LogP contribution < -0.4 is 10.6 Å². The predicted molar refractivity (Wildman–Crippen MR) is 87.1 cm³/mol. The average Bonchev–Trinajstić information content (AvgIpc) is 2.55. The first-order valence-electron chi connectivity index (χ1n) is 7.17. The third-order valence-electron chi connectivity index (χ3n) is 3.18. The van der Waals surface area contributed by atoms with Gasteiger partial charge in [0.15, 0.2) is 0 Å². The average molecular weight is 328 g/mol. The van der Waals surface area contributed by atoms with E-state index in [9.17, 15) is 19.5 Å². The van der Waals surface area contributed by atoms with Gasteiger partial charge >= 0.3 is 5.97 Å². The number of carboxylic acid groups (broad SMARTS) is 1. The van der Waals surface area contributed by atoms with Crippen LogP contribution >= 0.6 is 0 Å². The Labute approximate surface area is 137 Å². The van der Waals surface area contributed by atoms with E-state index >= 15 is 0 Å². The highest BCUT2D eigenvalue weighted by Gasteiger charge is 2.11. The molecule has 124 valence electrons. The van der Waals surface area contributed by atoms with E-state index in [2.05, 4.69) is 10.6 Å². The second-order valence-electron chi connectivity index (χ2n) is 4.95. The van der Waals surface area contributed by atoms with E-state index in [0.717, 1.165) is 0 Å². The van der Waals surface area contributed by atoms with E-state index in [4.69, 9.17) is 5.11 Å². The Balaban J connectivity index is 1.97. The predicted octanol–water partition coefficient (Wildman–Crippen LogP) is 1.85. The lowest BCUT2D eigenvalue weighted by Gasteiger charge is -2.08. The maximum Gasteiger partial charge on any atom is 0.305 e. The Morgan fingerprint density at radius 3 is 2.21 bits per heavy atom. The van der Waals surface area contributed by atoms with Gasteiger partial charge in [0, 0.05) is 17.8 Å². The van der Waals surface area contributed by atoms with Crippen LogP contribution in [0, 0.1) is 0 Å². The fraction of sp³-hybridized carbons (Fsp3) is 0.118. The molecule has 0 aliphatic rings. The third-order valence-corrected chi connectivity index (χ3v) is 3.18. The Morgan fingerprint density at radius 1 is 0.917 bits per heavy atom. The van der Waals surface area contributed by atoms with Crippen molar-refractivity contribution in [2.75, 3.05) is 11.9 Å². The molecule has 0 radical (unpaired) electrons. The lowest BCUT2D eigenvalue weighted by molar-refractivity contribution is -0.136. The number of carbonyl (C=O) groups excluding carboxylic acids is 2. The van der Waals surface area contributed by atoms with Gasteiger partial charge in [-0.15, -0.1) is 0 Å². The second kappa shape index (κ2) is 7.77. The fourth-order valence-electron chi connectivity index (χ4n) is 1.95. The van der Waals surface area contributed by atoms with Gasteiger partial charge in [0.25, 0.3) is 11.8 Å². The summed E-state index contributed by atoms with van der Waals surface area (Å²) in [5.74, 6) is -1.97. The minimum atomic E-state index is -0.988. The van der Waals surface area contributed by atoms with Crippen LogP contribution in [-0.4, -0.2) is 34.5 Å². The van der Waals surface area contributed by atoms with Gasteiger partial charge in [-0.05, 0) is 36.4 Å². The SMILES string of the molecule is O=C(O)CCNC(=O)c1ccc(NC(=O)c2ccccc2O)cc1. The summed E-state index contributed by atoms with van der Waals surface area (Å²) < 4.78 is 0. The summed E-state index contributed by atoms with van der Waals surface area (Å²) >= 11 is 0. The number of carbonyl (C=O) groups is 3. The van der Waals surface area contributed by atoms with Crippen molar-refractivity contribution in [2.45, 2.75) is 6.42 Å². The van der Waals surface area contributed by atoms with Gasteiger partial charge in [0.1, 0.15) is 5.75 Å². The standard InChI is InChI=1S/C17H16N2O5/c20-14-4-2-1-3-13(14)17(24)19-12-7-5-11(6-8-12)16(23)18-10-9-15(21)22/h1-8,20H,9-10H2,(H,18,23)(H,19,24)(H,21,22). The lowest BCUT2D eigenvalue weighted by atomic mass is 10.1. The van der Waals surface area contributed by atoms with Crippen molar-refractivity contribution in [2.24, 2.45) is 0 Å². The molecule has 4 N–H and O–H groups in total. The summed E-state index contributed by atoms with van der Waals surface area (Å²) in [4.78, 5) is 34.3. The first-order valence-corrected chi connectivity index (χ1v) is 7.17. The Morgan fingerprint density at radius 2 is 1.58 bits per heavy atom.